The van der Waals surface area contributed by atoms with E-state index in [9.17, 15) is 24.7 Å². The number of nitro groups is 1. The molecule has 7 nitrogen and oxygen atoms in total. The predicted molar refractivity (Wildman–Crippen MR) is 102 cm³/mol. The number of ether oxygens (including phenoxy) is 1. The van der Waals surface area contributed by atoms with Crippen LogP contribution in [0.5, 0.6) is 23.0 Å². The summed E-state index contributed by atoms with van der Waals surface area (Å²) >= 11 is 1.31. The molecule has 0 unspecified atom stereocenters. The first-order chi connectivity index (χ1) is 13.4. The average molecular weight is 398 g/mol. The SMILES string of the molecule is O=[N+]([O-])c1ccc(Oc2ccnc3cc(-c4ccc(O)c(O)c4)sc23)c(F)c1. The molecule has 4 rings (SSSR count). The van der Waals surface area contributed by atoms with Crippen LogP contribution in [0.2, 0.25) is 0 Å². The summed E-state index contributed by atoms with van der Waals surface area (Å²) in [6.45, 7) is 0. The third kappa shape index (κ3) is 3.19. The number of pyridine rings is 1. The van der Waals surface area contributed by atoms with Crippen molar-refractivity contribution in [3.8, 4) is 33.4 Å². The molecule has 2 N–H and O–H groups in total. The first kappa shape index (κ1) is 17.7. The van der Waals surface area contributed by atoms with Gasteiger partial charge in [-0.05, 0) is 35.9 Å². The summed E-state index contributed by atoms with van der Waals surface area (Å²) < 4.78 is 20.4. The second-order valence-corrected chi connectivity index (χ2v) is 6.86. The number of aromatic nitrogens is 1. The second-order valence-electron chi connectivity index (χ2n) is 5.81. The van der Waals surface area contributed by atoms with Gasteiger partial charge in [0.05, 0.1) is 21.2 Å². The van der Waals surface area contributed by atoms with E-state index in [0.29, 0.717) is 21.5 Å². The van der Waals surface area contributed by atoms with E-state index in [1.807, 2.05) is 0 Å². The molecule has 0 amide bonds. The van der Waals surface area contributed by atoms with Gasteiger partial charge in [0.15, 0.2) is 23.1 Å². The van der Waals surface area contributed by atoms with Crippen molar-refractivity contribution < 1.29 is 24.3 Å². The van der Waals surface area contributed by atoms with E-state index in [4.69, 9.17) is 4.74 Å². The Morgan fingerprint density at radius 1 is 1.04 bits per heavy atom. The minimum atomic E-state index is -0.848. The zero-order chi connectivity index (χ0) is 19.8. The first-order valence-electron chi connectivity index (χ1n) is 7.95. The minimum Gasteiger partial charge on any atom is -0.504 e. The molecule has 0 radical (unpaired) electrons. The molecule has 140 valence electrons. The van der Waals surface area contributed by atoms with Gasteiger partial charge in [0.2, 0.25) is 0 Å². The van der Waals surface area contributed by atoms with Gasteiger partial charge in [0.1, 0.15) is 5.75 Å². The van der Waals surface area contributed by atoms with E-state index >= 15 is 0 Å². The number of thiophene rings is 1. The number of aromatic hydroxyl groups is 2. The van der Waals surface area contributed by atoms with Crippen LogP contribution in [0.15, 0.2) is 54.7 Å². The van der Waals surface area contributed by atoms with Crippen LogP contribution in [0.1, 0.15) is 0 Å². The van der Waals surface area contributed by atoms with Crippen LogP contribution in [0.25, 0.3) is 20.7 Å². The molecule has 2 aromatic carbocycles. The van der Waals surface area contributed by atoms with Crippen molar-refractivity contribution in [3.63, 3.8) is 0 Å². The van der Waals surface area contributed by atoms with Crippen molar-refractivity contribution in [1.82, 2.24) is 4.98 Å². The molecular formula is C19H11FN2O5S. The molecule has 0 bridgehead atoms. The lowest BCUT2D eigenvalue weighted by Gasteiger charge is -2.07. The summed E-state index contributed by atoms with van der Waals surface area (Å²) in [5, 5.41) is 29.9. The summed E-state index contributed by atoms with van der Waals surface area (Å²) in [5.41, 5.74) is 0.911. The maximum atomic E-state index is 14.2. The Hall–Kier alpha value is -3.72. The van der Waals surface area contributed by atoms with Crippen LogP contribution < -0.4 is 4.74 Å². The molecular weight excluding hydrogens is 387 g/mol. The van der Waals surface area contributed by atoms with Gasteiger partial charge in [-0.25, -0.2) is 4.39 Å². The molecule has 0 aliphatic heterocycles. The molecule has 0 spiro atoms. The molecule has 9 heteroatoms. The maximum absolute atomic E-state index is 14.2. The number of benzene rings is 2. The standard InChI is InChI=1S/C19H11FN2O5S/c20-12-8-11(22(25)26)2-4-16(12)27-17-5-6-21-13-9-18(28-19(13)17)10-1-3-14(23)15(24)7-10/h1-9,23-24H. The predicted octanol–water partition coefficient (Wildman–Crippen LogP) is 5.21. The van der Waals surface area contributed by atoms with Crippen molar-refractivity contribution in [3.05, 3.63) is 70.7 Å². The second kappa shape index (κ2) is 6.78. The van der Waals surface area contributed by atoms with Gasteiger partial charge in [-0.1, -0.05) is 0 Å². The highest BCUT2D eigenvalue weighted by molar-refractivity contribution is 7.22. The molecule has 0 atom stereocenters. The Morgan fingerprint density at radius 3 is 2.57 bits per heavy atom. The van der Waals surface area contributed by atoms with E-state index < -0.39 is 10.7 Å². The zero-order valence-corrected chi connectivity index (χ0v) is 14.8. The summed E-state index contributed by atoms with van der Waals surface area (Å²) in [5.74, 6) is -1.11. The van der Waals surface area contributed by atoms with Crippen molar-refractivity contribution in [2.45, 2.75) is 0 Å². The lowest BCUT2D eigenvalue weighted by molar-refractivity contribution is -0.385. The van der Waals surface area contributed by atoms with Crippen LogP contribution in [-0.4, -0.2) is 20.1 Å². The summed E-state index contributed by atoms with van der Waals surface area (Å²) in [6.07, 6.45) is 1.51. The number of phenols is 2. The zero-order valence-electron chi connectivity index (χ0n) is 14.0. The van der Waals surface area contributed by atoms with Gasteiger partial charge < -0.3 is 14.9 Å². The summed E-state index contributed by atoms with van der Waals surface area (Å²) in [6, 6.07) is 11.0. The minimum absolute atomic E-state index is 0.143. The monoisotopic (exact) mass is 398 g/mol. The Labute approximate surface area is 161 Å². The summed E-state index contributed by atoms with van der Waals surface area (Å²) in [7, 11) is 0. The van der Waals surface area contributed by atoms with E-state index in [1.165, 1.54) is 35.7 Å². The number of hydrogen-bond acceptors (Lipinski definition) is 7. The quantitative estimate of drug-likeness (QED) is 0.278. The topological polar surface area (TPSA) is 106 Å². The smallest absolute Gasteiger partial charge is 0.272 e. The van der Waals surface area contributed by atoms with Gasteiger partial charge in [-0.3, -0.25) is 15.1 Å². The number of non-ortho nitro benzene ring substituents is 1. The summed E-state index contributed by atoms with van der Waals surface area (Å²) in [4.78, 5) is 15.1. The van der Waals surface area contributed by atoms with E-state index in [2.05, 4.69) is 4.98 Å². The van der Waals surface area contributed by atoms with Crippen LogP contribution >= 0.6 is 11.3 Å². The molecule has 0 fully saturated rings. The van der Waals surface area contributed by atoms with E-state index in [0.717, 1.165) is 17.0 Å². The number of hydrogen-bond donors (Lipinski definition) is 2. The molecule has 4 aromatic rings. The van der Waals surface area contributed by atoms with Gasteiger partial charge in [-0.15, -0.1) is 11.3 Å². The number of fused-ring (bicyclic) bond motifs is 1. The largest absolute Gasteiger partial charge is 0.504 e. The van der Waals surface area contributed by atoms with Crippen molar-refractivity contribution >= 4 is 27.2 Å². The fourth-order valence-electron chi connectivity index (χ4n) is 2.62. The van der Waals surface area contributed by atoms with Gasteiger partial charge in [0.25, 0.3) is 5.69 Å². The third-order valence-corrected chi connectivity index (χ3v) is 5.17. The molecule has 0 saturated carbocycles. The highest BCUT2D eigenvalue weighted by atomic mass is 32.1. The normalized spacial score (nSPS) is 10.9. The number of halogens is 1. The fraction of sp³-hybridized carbons (Fsp3) is 0. The van der Waals surface area contributed by atoms with Crippen molar-refractivity contribution in [2.75, 3.05) is 0 Å². The molecule has 0 saturated heterocycles. The van der Waals surface area contributed by atoms with Crippen LogP contribution in [-0.2, 0) is 0 Å². The maximum Gasteiger partial charge on any atom is 0.272 e. The third-order valence-electron chi connectivity index (χ3n) is 3.98. The number of nitrogens with zero attached hydrogens (tertiary/aromatic N) is 2. The highest BCUT2D eigenvalue weighted by Gasteiger charge is 2.16. The fourth-order valence-corrected chi connectivity index (χ4v) is 3.68. The Morgan fingerprint density at radius 2 is 1.86 bits per heavy atom. The van der Waals surface area contributed by atoms with Gasteiger partial charge in [0, 0.05) is 23.2 Å². The number of nitro benzene ring substituents is 1. The lowest BCUT2D eigenvalue weighted by Crippen LogP contribution is -1.92. The molecule has 0 aliphatic carbocycles. The Kier molecular flexibility index (Phi) is 4.28. The molecule has 2 aromatic heterocycles. The van der Waals surface area contributed by atoms with Crippen LogP contribution in [0.3, 0.4) is 0 Å². The van der Waals surface area contributed by atoms with Gasteiger partial charge in [-0.2, -0.15) is 0 Å². The average Bonchev–Trinajstić information content (AvgIpc) is 3.10. The van der Waals surface area contributed by atoms with Crippen molar-refractivity contribution in [2.24, 2.45) is 0 Å². The Bertz CT molecular complexity index is 1220. The van der Waals surface area contributed by atoms with Crippen molar-refractivity contribution in [1.29, 1.82) is 0 Å². The molecule has 28 heavy (non-hydrogen) atoms. The molecule has 0 aliphatic rings. The number of rotatable bonds is 4. The highest BCUT2D eigenvalue weighted by Crippen LogP contribution is 2.41. The van der Waals surface area contributed by atoms with E-state index in [1.54, 1.807) is 18.2 Å². The van der Waals surface area contributed by atoms with Crippen LogP contribution in [0, 0.1) is 15.9 Å². The first-order valence-corrected chi connectivity index (χ1v) is 8.77. The lowest BCUT2D eigenvalue weighted by atomic mass is 10.1. The number of phenolic OH excluding ortho intramolecular Hbond substituents is 2. The molecule has 2 heterocycles. The Balaban J connectivity index is 1.73. The van der Waals surface area contributed by atoms with E-state index in [-0.39, 0.29) is 22.9 Å². The van der Waals surface area contributed by atoms with Gasteiger partial charge >= 0.3 is 0 Å². The van der Waals surface area contributed by atoms with Crippen LogP contribution in [0.4, 0.5) is 10.1 Å².